The third-order valence-corrected chi connectivity index (χ3v) is 2.34. The third-order valence-electron chi connectivity index (χ3n) is 2.34. The lowest BCUT2D eigenvalue weighted by atomic mass is 10.0. The fourth-order valence-electron chi connectivity index (χ4n) is 1.57. The highest BCUT2D eigenvalue weighted by Crippen LogP contribution is 2.21. The monoisotopic (exact) mass is 241 g/mol. The van der Waals surface area contributed by atoms with Crippen molar-refractivity contribution in [2.45, 2.75) is 13.3 Å². The van der Waals surface area contributed by atoms with E-state index in [2.05, 4.69) is 0 Å². The lowest BCUT2D eigenvalue weighted by molar-refractivity contribution is -0.113. The van der Waals surface area contributed by atoms with Crippen LogP contribution in [0.1, 0.15) is 24.5 Å². The zero-order valence-electron chi connectivity index (χ0n) is 10.5. The molecule has 0 radical (unpaired) electrons. The molecule has 1 aromatic carbocycles. The lowest BCUT2D eigenvalue weighted by Crippen LogP contribution is -1.97. The van der Waals surface area contributed by atoms with Gasteiger partial charge in [0.1, 0.15) is 5.76 Å². The minimum absolute atomic E-state index is 0.140. The van der Waals surface area contributed by atoms with Gasteiger partial charge in [-0.3, -0.25) is 4.79 Å². The zero-order chi connectivity index (χ0) is 13.4. The van der Waals surface area contributed by atoms with Gasteiger partial charge in [0.15, 0.2) is 5.78 Å². The molecule has 0 saturated carbocycles. The summed E-state index contributed by atoms with van der Waals surface area (Å²) in [6, 6.07) is 9.44. The molecule has 0 heterocycles. The standard InChI is InChI=1S/C15H15NO2/c1-3-6-12-7-4-5-8-14(12)15(18-2)11-13(17)9-10-16/h3-8,11H,9H2,1-2H3/b6-3-,15-11-. The molecule has 0 N–H and O–H groups in total. The van der Waals surface area contributed by atoms with E-state index in [1.165, 1.54) is 13.2 Å². The summed E-state index contributed by atoms with van der Waals surface area (Å²) < 4.78 is 5.24. The number of nitrogens with zero attached hydrogens (tertiary/aromatic N) is 1. The molecule has 0 spiro atoms. The van der Waals surface area contributed by atoms with E-state index >= 15 is 0 Å². The number of hydrogen-bond donors (Lipinski definition) is 0. The molecule has 0 amide bonds. The number of methoxy groups -OCH3 is 1. The van der Waals surface area contributed by atoms with Crippen LogP contribution in [0.3, 0.4) is 0 Å². The van der Waals surface area contributed by atoms with Gasteiger partial charge in [0.05, 0.1) is 19.6 Å². The molecule has 0 bridgehead atoms. The van der Waals surface area contributed by atoms with E-state index in [-0.39, 0.29) is 12.2 Å². The molecule has 0 unspecified atom stereocenters. The Hall–Kier alpha value is -2.34. The summed E-state index contributed by atoms with van der Waals surface area (Å²) in [5.74, 6) is 0.216. The minimum atomic E-state index is -0.260. The van der Waals surface area contributed by atoms with Crippen molar-refractivity contribution in [3.63, 3.8) is 0 Å². The van der Waals surface area contributed by atoms with Gasteiger partial charge in [0.25, 0.3) is 0 Å². The van der Waals surface area contributed by atoms with Gasteiger partial charge in [0.2, 0.25) is 0 Å². The largest absolute Gasteiger partial charge is 0.496 e. The molecule has 0 saturated heterocycles. The number of carbonyl (C=O) groups excluding carboxylic acids is 1. The maximum absolute atomic E-state index is 11.5. The number of ether oxygens (including phenoxy) is 1. The number of carbonyl (C=O) groups is 1. The first kappa shape index (κ1) is 13.7. The number of benzene rings is 1. The van der Waals surface area contributed by atoms with Crippen molar-refractivity contribution in [3.05, 3.63) is 47.5 Å². The second-order valence-corrected chi connectivity index (χ2v) is 3.60. The molecular weight excluding hydrogens is 226 g/mol. The average Bonchev–Trinajstić information content (AvgIpc) is 2.37. The lowest BCUT2D eigenvalue weighted by Gasteiger charge is -2.09. The van der Waals surface area contributed by atoms with E-state index in [1.807, 2.05) is 49.4 Å². The first-order valence-electron chi connectivity index (χ1n) is 5.60. The van der Waals surface area contributed by atoms with Crippen molar-refractivity contribution in [2.24, 2.45) is 0 Å². The normalized spacial score (nSPS) is 11.3. The minimum Gasteiger partial charge on any atom is -0.496 e. The molecule has 18 heavy (non-hydrogen) atoms. The summed E-state index contributed by atoms with van der Waals surface area (Å²) >= 11 is 0. The Morgan fingerprint density at radius 3 is 2.78 bits per heavy atom. The number of nitriles is 1. The van der Waals surface area contributed by atoms with Crippen LogP contribution in [0.4, 0.5) is 0 Å². The van der Waals surface area contributed by atoms with Gasteiger partial charge in [0, 0.05) is 11.6 Å². The van der Waals surface area contributed by atoms with Crippen molar-refractivity contribution in [1.29, 1.82) is 5.26 Å². The highest BCUT2D eigenvalue weighted by Gasteiger charge is 2.08. The van der Waals surface area contributed by atoms with Crippen LogP contribution >= 0.6 is 0 Å². The van der Waals surface area contributed by atoms with Crippen LogP contribution < -0.4 is 0 Å². The van der Waals surface area contributed by atoms with E-state index in [1.54, 1.807) is 0 Å². The van der Waals surface area contributed by atoms with Crippen LogP contribution in [0.25, 0.3) is 11.8 Å². The Kier molecular flexibility index (Phi) is 5.40. The molecule has 0 aliphatic rings. The Morgan fingerprint density at radius 2 is 2.17 bits per heavy atom. The van der Waals surface area contributed by atoms with E-state index in [0.29, 0.717) is 5.76 Å². The smallest absolute Gasteiger partial charge is 0.173 e. The molecule has 3 heteroatoms. The fraction of sp³-hybridized carbons (Fsp3) is 0.200. The molecular formula is C15H15NO2. The van der Waals surface area contributed by atoms with Crippen molar-refractivity contribution in [2.75, 3.05) is 7.11 Å². The molecule has 0 atom stereocenters. The van der Waals surface area contributed by atoms with E-state index in [0.717, 1.165) is 11.1 Å². The molecule has 1 rings (SSSR count). The summed E-state index contributed by atoms with van der Waals surface area (Å²) in [7, 11) is 1.51. The maximum Gasteiger partial charge on any atom is 0.173 e. The van der Waals surface area contributed by atoms with Gasteiger partial charge >= 0.3 is 0 Å². The van der Waals surface area contributed by atoms with Crippen molar-refractivity contribution >= 4 is 17.6 Å². The SMILES string of the molecule is C/C=C\c1ccccc1/C(=C/C(=O)CC#N)OC. The molecule has 0 aliphatic carbocycles. The van der Waals surface area contributed by atoms with Crippen LogP contribution in [0.5, 0.6) is 0 Å². The highest BCUT2D eigenvalue weighted by atomic mass is 16.5. The Morgan fingerprint density at radius 1 is 1.44 bits per heavy atom. The van der Waals surface area contributed by atoms with Crippen molar-refractivity contribution in [3.8, 4) is 6.07 Å². The Bertz CT molecular complexity index is 522. The van der Waals surface area contributed by atoms with Gasteiger partial charge < -0.3 is 4.74 Å². The molecule has 92 valence electrons. The molecule has 1 aromatic rings. The van der Waals surface area contributed by atoms with E-state index in [4.69, 9.17) is 10.00 Å². The van der Waals surface area contributed by atoms with Crippen LogP contribution in [0.2, 0.25) is 0 Å². The first-order valence-corrected chi connectivity index (χ1v) is 5.60. The molecule has 0 aromatic heterocycles. The fourth-order valence-corrected chi connectivity index (χ4v) is 1.57. The topological polar surface area (TPSA) is 50.1 Å². The van der Waals surface area contributed by atoms with E-state index < -0.39 is 0 Å². The number of rotatable bonds is 5. The second kappa shape index (κ2) is 7.08. The molecule has 3 nitrogen and oxygen atoms in total. The predicted molar refractivity (Wildman–Crippen MR) is 71.4 cm³/mol. The Balaban J connectivity index is 3.17. The third kappa shape index (κ3) is 3.60. The summed E-state index contributed by atoms with van der Waals surface area (Å²) in [6.07, 6.45) is 5.09. The maximum atomic E-state index is 11.5. The van der Waals surface area contributed by atoms with Crippen molar-refractivity contribution in [1.82, 2.24) is 0 Å². The van der Waals surface area contributed by atoms with Gasteiger partial charge in [-0.15, -0.1) is 0 Å². The first-order chi connectivity index (χ1) is 8.72. The summed E-state index contributed by atoms with van der Waals surface area (Å²) in [4.78, 5) is 11.5. The van der Waals surface area contributed by atoms with Crippen LogP contribution in [-0.2, 0) is 9.53 Å². The second-order valence-electron chi connectivity index (χ2n) is 3.60. The van der Waals surface area contributed by atoms with Gasteiger partial charge in [-0.25, -0.2) is 0 Å². The summed E-state index contributed by atoms with van der Waals surface area (Å²) in [5.41, 5.74) is 1.81. The van der Waals surface area contributed by atoms with E-state index in [9.17, 15) is 4.79 Å². The summed E-state index contributed by atoms with van der Waals surface area (Å²) in [5, 5.41) is 8.48. The predicted octanol–water partition coefficient (Wildman–Crippen LogP) is 3.19. The van der Waals surface area contributed by atoms with Gasteiger partial charge in [-0.05, 0) is 12.5 Å². The van der Waals surface area contributed by atoms with Crippen LogP contribution in [0, 0.1) is 11.3 Å². The Labute approximate surface area is 107 Å². The summed E-state index contributed by atoms with van der Waals surface area (Å²) in [6.45, 7) is 1.92. The van der Waals surface area contributed by atoms with Crippen molar-refractivity contribution < 1.29 is 9.53 Å². The van der Waals surface area contributed by atoms with Crippen LogP contribution in [0.15, 0.2) is 36.4 Å². The highest BCUT2D eigenvalue weighted by molar-refractivity contribution is 5.97. The number of allylic oxidation sites excluding steroid dienone is 2. The zero-order valence-corrected chi connectivity index (χ0v) is 10.5. The molecule has 0 fully saturated rings. The quantitative estimate of drug-likeness (QED) is 0.587. The number of ketones is 1. The molecule has 0 aliphatic heterocycles. The van der Waals surface area contributed by atoms with Crippen LogP contribution in [-0.4, -0.2) is 12.9 Å². The van der Waals surface area contributed by atoms with Gasteiger partial charge in [-0.1, -0.05) is 36.4 Å². The average molecular weight is 241 g/mol. The number of hydrogen-bond acceptors (Lipinski definition) is 3. The van der Waals surface area contributed by atoms with Gasteiger partial charge in [-0.2, -0.15) is 5.26 Å².